The van der Waals surface area contributed by atoms with Crippen LogP contribution in [0.4, 0.5) is 0 Å². The van der Waals surface area contributed by atoms with Gasteiger partial charge in [-0.05, 0) is 50.2 Å². The van der Waals surface area contributed by atoms with Gasteiger partial charge in [0.15, 0.2) is 5.96 Å². The van der Waals surface area contributed by atoms with Crippen LogP contribution < -0.4 is 15.4 Å². The predicted octanol–water partition coefficient (Wildman–Crippen LogP) is 2.89. The summed E-state index contributed by atoms with van der Waals surface area (Å²) in [5.41, 5.74) is 2.15. The monoisotopic (exact) mass is 521 g/mol. The van der Waals surface area contributed by atoms with E-state index < -0.39 is 9.84 Å². The Bertz CT molecular complexity index is 803. The second-order valence-electron chi connectivity index (χ2n) is 8.21. The molecule has 1 aromatic rings. The first kappa shape index (κ1) is 23.3. The van der Waals surface area contributed by atoms with Gasteiger partial charge in [0.25, 0.3) is 0 Å². The highest BCUT2D eigenvalue weighted by Gasteiger charge is 2.45. The van der Waals surface area contributed by atoms with Gasteiger partial charge in [0, 0.05) is 37.4 Å². The van der Waals surface area contributed by atoms with E-state index in [0.717, 1.165) is 30.8 Å². The molecular weight excluding hydrogens is 489 g/mol. The number of aryl methyl sites for hydroxylation is 1. The van der Waals surface area contributed by atoms with Gasteiger partial charge in [-0.3, -0.25) is 4.99 Å². The fourth-order valence-corrected chi connectivity index (χ4v) is 4.71. The van der Waals surface area contributed by atoms with E-state index in [1.807, 2.05) is 0 Å². The van der Waals surface area contributed by atoms with Gasteiger partial charge in [-0.15, -0.1) is 24.0 Å². The lowest BCUT2D eigenvalue weighted by Crippen LogP contribution is -2.41. The third-order valence-corrected chi connectivity index (χ3v) is 6.36. The number of rotatable bonds is 9. The predicted molar refractivity (Wildman–Crippen MR) is 124 cm³/mol. The topological polar surface area (TPSA) is 79.8 Å². The van der Waals surface area contributed by atoms with E-state index in [9.17, 15) is 8.42 Å². The lowest BCUT2D eigenvalue weighted by atomic mass is 10.1. The minimum atomic E-state index is -2.96. The average molecular weight is 521 g/mol. The van der Waals surface area contributed by atoms with Crippen molar-refractivity contribution in [1.82, 2.24) is 10.6 Å². The number of nitrogens with zero attached hydrogens (tertiary/aromatic N) is 1. The Labute approximate surface area is 185 Å². The number of guanidine groups is 1. The van der Waals surface area contributed by atoms with E-state index >= 15 is 0 Å². The minimum Gasteiger partial charge on any atom is -0.493 e. The molecule has 0 radical (unpaired) electrons. The average Bonchev–Trinajstić information content (AvgIpc) is 3.50. The summed E-state index contributed by atoms with van der Waals surface area (Å²) in [5.74, 6) is 2.57. The third-order valence-electron chi connectivity index (χ3n) is 5.22. The lowest BCUT2D eigenvalue weighted by molar-refractivity contribution is 0.296. The van der Waals surface area contributed by atoms with Gasteiger partial charge in [0.05, 0.1) is 12.4 Å². The van der Waals surface area contributed by atoms with Gasteiger partial charge in [0.2, 0.25) is 0 Å². The van der Waals surface area contributed by atoms with Crippen LogP contribution in [0.3, 0.4) is 0 Å². The molecule has 2 fully saturated rings. The van der Waals surface area contributed by atoms with Gasteiger partial charge in [-0.2, -0.15) is 0 Å². The van der Waals surface area contributed by atoms with Gasteiger partial charge in [0.1, 0.15) is 15.6 Å². The maximum atomic E-state index is 11.6. The number of halogens is 1. The molecule has 0 aromatic heterocycles. The number of sulfone groups is 1. The first-order valence-electron chi connectivity index (χ1n) is 9.63. The highest BCUT2D eigenvalue weighted by atomic mass is 127. The van der Waals surface area contributed by atoms with E-state index in [0.29, 0.717) is 25.0 Å². The normalized spacial score (nSPS) is 18.2. The largest absolute Gasteiger partial charge is 0.493 e. The highest BCUT2D eigenvalue weighted by Crippen LogP contribution is 2.46. The molecule has 1 aromatic carbocycles. The number of benzene rings is 1. The molecule has 0 unspecified atom stereocenters. The zero-order valence-electron chi connectivity index (χ0n) is 17.0. The van der Waals surface area contributed by atoms with Crippen molar-refractivity contribution in [3.63, 3.8) is 0 Å². The quantitative estimate of drug-likeness (QED) is 0.297. The number of hydrogen-bond acceptors (Lipinski definition) is 4. The molecule has 3 rings (SSSR count). The maximum Gasteiger partial charge on any atom is 0.191 e. The van der Waals surface area contributed by atoms with Crippen molar-refractivity contribution < 1.29 is 13.2 Å². The molecule has 158 valence electrons. The Kier molecular flexibility index (Phi) is 8.01. The summed E-state index contributed by atoms with van der Waals surface area (Å²) in [5, 5.41) is 6.61. The zero-order chi connectivity index (χ0) is 19.5. The third kappa shape index (κ3) is 7.42. The number of hydrogen-bond donors (Lipinski definition) is 2. The van der Waals surface area contributed by atoms with E-state index in [2.05, 4.69) is 40.7 Å². The summed E-state index contributed by atoms with van der Waals surface area (Å²) in [6.07, 6.45) is 5.74. The van der Waals surface area contributed by atoms with Gasteiger partial charge < -0.3 is 15.4 Å². The fraction of sp³-hybridized carbons (Fsp3) is 0.650. The summed E-state index contributed by atoms with van der Waals surface area (Å²) >= 11 is 0. The van der Waals surface area contributed by atoms with E-state index in [1.54, 1.807) is 7.05 Å². The summed E-state index contributed by atoms with van der Waals surface area (Å²) < 4.78 is 29.2. The Hall–Kier alpha value is -1.03. The van der Waals surface area contributed by atoms with Crippen molar-refractivity contribution in [2.75, 3.05) is 32.2 Å². The van der Waals surface area contributed by atoms with Crippen LogP contribution in [0.25, 0.3) is 0 Å². The SMILES string of the molecule is CN=C(NCc1ccc(C)cc1OCC1CC1)NCC1(CS(C)(=O)=O)CC1.I. The highest BCUT2D eigenvalue weighted by molar-refractivity contribution is 14.0. The molecule has 0 heterocycles. The first-order chi connectivity index (χ1) is 12.8. The molecule has 2 aliphatic rings. The van der Waals surface area contributed by atoms with Crippen LogP contribution in [0.1, 0.15) is 36.8 Å². The molecular formula is C20H32IN3O3S. The van der Waals surface area contributed by atoms with E-state index in [-0.39, 0.29) is 35.1 Å². The zero-order valence-corrected chi connectivity index (χ0v) is 20.1. The van der Waals surface area contributed by atoms with Crippen molar-refractivity contribution in [2.24, 2.45) is 16.3 Å². The minimum absolute atomic E-state index is 0. The van der Waals surface area contributed by atoms with Gasteiger partial charge >= 0.3 is 0 Å². The number of aliphatic imine (C=N–C) groups is 1. The Morgan fingerprint density at radius 1 is 1.29 bits per heavy atom. The summed E-state index contributed by atoms with van der Waals surface area (Å²) in [7, 11) is -1.24. The summed E-state index contributed by atoms with van der Waals surface area (Å²) in [6, 6.07) is 6.26. The molecule has 0 saturated heterocycles. The molecule has 2 aliphatic carbocycles. The first-order valence-corrected chi connectivity index (χ1v) is 11.7. The standard InChI is InChI=1S/C20H31N3O3S.HI/c1-15-4-7-17(18(10-15)26-12-16-5-6-16)11-22-19(21-2)23-13-20(8-9-20)14-27(3,24)25;/h4,7,10,16H,5-6,8-9,11-14H2,1-3H3,(H2,21,22,23);1H. The van der Waals surface area contributed by atoms with Crippen LogP contribution in [-0.2, 0) is 16.4 Å². The second kappa shape index (κ2) is 9.65. The molecule has 0 spiro atoms. The van der Waals surface area contributed by atoms with Crippen molar-refractivity contribution in [3.05, 3.63) is 29.3 Å². The second-order valence-corrected chi connectivity index (χ2v) is 10.4. The van der Waals surface area contributed by atoms with E-state index in [1.165, 1.54) is 24.7 Å². The van der Waals surface area contributed by atoms with Gasteiger partial charge in [-0.1, -0.05) is 12.1 Å². The number of ether oxygens (including phenoxy) is 1. The molecule has 0 amide bonds. The van der Waals surface area contributed by atoms with Crippen LogP contribution in [0.5, 0.6) is 5.75 Å². The Morgan fingerprint density at radius 3 is 2.57 bits per heavy atom. The van der Waals surface area contributed by atoms with Crippen molar-refractivity contribution in [1.29, 1.82) is 0 Å². The van der Waals surface area contributed by atoms with Crippen LogP contribution >= 0.6 is 24.0 Å². The molecule has 0 aliphatic heterocycles. The van der Waals surface area contributed by atoms with Crippen LogP contribution in [0.15, 0.2) is 23.2 Å². The van der Waals surface area contributed by atoms with Crippen molar-refractivity contribution in [2.45, 2.75) is 39.2 Å². The summed E-state index contributed by atoms with van der Waals surface area (Å²) in [6.45, 7) is 4.09. The molecule has 2 saturated carbocycles. The molecule has 6 nitrogen and oxygen atoms in total. The van der Waals surface area contributed by atoms with Gasteiger partial charge in [-0.25, -0.2) is 8.42 Å². The van der Waals surface area contributed by atoms with Crippen LogP contribution in [0.2, 0.25) is 0 Å². The smallest absolute Gasteiger partial charge is 0.191 e. The molecule has 8 heteroatoms. The Balaban J connectivity index is 0.00000280. The molecule has 28 heavy (non-hydrogen) atoms. The molecule has 0 bridgehead atoms. The maximum absolute atomic E-state index is 11.6. The lowest BCUT2D eigenvalue weighted by Gasteiger charge is -2.19. The Morgan fingerprint density at radius 2 is 2.00 bits per heavy atom. The summed E-state index contributed by atoms with van der Waals surface area (Å²) in [4.78, 5) is 4.27. The van der Waals surface area contributed by atoms with Crippen molar-refractivity contribution in [3.8, 4) is 5.75 Å². The van der Waals surface area contributed by atoms with Crippen LogP contribution in [-0.4, -0.2) is 46.6 Å². The molecule has 0 atom stereocenters. The molecule has 2 N–H and O–H groups in total. The number of nitrogens with one attached hydrogen (secondary N) is 2. The van der Waals surface area contributed by atoms with Crippen LogP contribution in [0, 0.1) is 18.3 Å². The van der Waals surface area contributed by atoms with Crippen molar-refractivity contribution >= 4 is 39.8 Å². The van der Waals surface area contributed by atoms with E-state index in [4.69, 9.17) is 4.74 Å². The fourth-order valence-electron chi connectivity index (χ4n) is 3.21.